The molecule has 1 heterocycles. The molecule has 5 nitrogen and oxygen atoms in total. The van der Waals surface area contributed by atoms with Crippen molar-refractivity contribution in [3.63, 3.8) is 0 Å². The molecule has 6 rings (SSSR count). The van der Waals surface area contributed by atoms with Gasteiger partial charge in [-0.25, -0.2) is 0 Å². The number of nitrogens with one attached hydrogen (secondary N) is 1. The summed E-state index contributed by atoms with van der Waals surface area (Å²) in [6.07, 6.45) is 0.901. The molecule has 0 fully saturated rings. The highest BCUT2D eigenvalue weighted by Gasteiger charge is 2.42. The van der Waals surface area contributed by atoms with E-state index < -0.39 is 6.04 Å². The fourth-order valence-corrected chi connectivity index (χ4v) is 6.08. The number of anilines is 2. The first-order chi connectivity index (χ1) is 19.8. The van der Waals surface area contributed by atoms with Crippen molar-refractivity contribution in [2.75, 3.05) is 17.3 Å². The number of benzene rings is 4. The number of para-hydroxylation sites is 2. The molecule has 2 unspecified atom stereocenters. The molecule has 1 aliphatic heterocycles. The van der Waals surface area contributed by atoms with Crippen LogP contribution in [0.3, 0.4) is 0 Å². The van der Waals surface area contributed by atoms with Crippen LogP contribution in [0, 0.1) is 0 Å². The van der Waals surface area contributed by atoms with Gasteiger partial charge in [0.2, 0.25) is 0 Å². The lowest BCUT2D eigenvalue weighted by molar-refractivity contribution is -0.116. The number of ether oxygens (including phenoxy) is 1. The third-order valence-electron chi connectivity index (χ3n) is 7.65. The van der Waals surface area contributed by atoms with E-state index in [1.54, 1.807) is 30.2 Å². The molecule has 8 heteroatoms. The molecule has 4 aromatic rings. The number of carbonyl (C=O) groups excluding carboxylic acids is 2. The van der Waals surface area contributed by atoms with Crippen molar-refractivity contribution in [3.05, 3.63) is 134 Å². The van der Waals surface area contributed by atoms with E-state index >= 15 is 0 Å². The molecule has 0 bridgehead atoms. The number of methoxy groups -OCH3 is 1. The Hall–Kier alpha value is -3.77. The number of fused-ring (bicyclic) bond motifs is 1. The van der Waals surface area contributed by atoms with E-state index in [-0.39, 0.29) is 22.6 Å². The van der Waals surface area contributed by atoms with Crippen molar-refractivity contribution in [1.29, 1.82) is 0 Å². The van der Waals surface area contributed by atoms with Crippen LogP contribution in [-0.2, 0) is 4.79 Å². The van der Waals surface area contributed by atoms with Crippen LogP contribution in [-0.4, -0.2) is 18.8 Å². The zero-order valence-electron chi connectivity index (χ0n) is 22.0. The third kappa shape index (κ3) is 5.21. The third-order valence-corrected chi connectivity index (χ3v) is 8.64. The highest BCUT2D eigenvalue weighted by molar-refractivity contribution is 6.42. The molecule has 0 spiro atoms. The van der Waals surface area contributed by atoms with Crippen molar-refractivity contribution < 1.29 is 14.3 Å². The molecule has 41 heavy (non-hydrogen) atoms. The maximum absolute atomic E-state index is 14.4. The first kappa shape index (κ1) is 27.4. The average molecular weight is 604 g/mol. The Morgan fingerprint density at radius 1 is 0.854 bits per heavy atom. The van der Waals surface area contributed by atoms with E-state index in [9.17, 15) is 9.59 Å². The van der Waals surface area contributed by atoms with Crippen molar-refractivity contribution >= 4 is 57.9 Å². The summed E-state index contributed by atoms with van der Waals surface area (Å²) in [5.74, 6) is 0.307. The van der Waals surface area contributed by atoms with E-state index in [0.29, 0.717) is 45.5 Å². The number of hydrogen-bond acceptors (Lipinski definition) is 4. The first-order valence-corrected chi connectivity index (χ1v) is 14.3. The highest BCUT2D eigenvalue weighted by atomic mass is 35.5. The Balaban J connectivity index is 1.55. The minimum atomic E-state index is -0.701. The van der Waals surface area contributed by atoms with Crippen molar-refractivity contribution in [3.8, 4) is 5.75 Å². The van der Waals surface area contributed by atoms with Crippen LogP contribution in [0.5, 0.6) is 5.75 Å². The number of amides is 1. The fraction of sp³-hybridized carbons (Fsp3) is 0.152. The first-order valence-electron chi connectivity index (χ1n) is 13.1. The summed E-state index contributed by atoms with van der Waals surface area (Å²) in [7, 11) is 1.60. The lowest BCUT2D eigenvalue weighted by atomic mass is 9.78. The van der Waals surface area contributed by atoms with Gasteiger partial charge in [-0.3, -0.25) is 14.5 Å². The Morgan fingerprint density at radius 2 is 1.56 bits per heavy atom. The lowest BCUT2D eigenvalue weighted by Gasteiger charge is -2.35. The van der Waals surface area contributed by atoms with Crippen LogP contribution >= 0.6 is 34.8 Å². The largest absolute Gasteiger partial charge is 0.497 e. The Kier molecular flexibility index (Phi) is 7.52. The number of halogens is 3. The van der Waals surface area contributed by atoms with Gasteiger partial charge in [0.25, 0.3) is 5.91 Å². The monoisotopic (exact) mass is 602 g/mol. The minimum Gasteiger partial charge on any atom is -0.497 e. The van der Waals surface area contributed by atoms with Crippen LogP contribution in [0.2, 0.25) is 15.1 Å². The van der Waals surface area contributed by atoms with Crippen LogP contribution < -0.4 is 15.0 Å². The van der Waals surface area contributed by atoms with Gasteiger partial charge in [0, 0.05) is 28.3 Å². The summed E-state index contributed by atoms with van der Waals surface area (Å²) < 4.78 is 5.40. The summed E-state index contributed by atoms with van der Waals surface area (Å²) in [5.41, 5.74) is 4.91. The summed E-state index contributed by atoms with van der Waals surface area (Å²) in [4.78, 5) is 30.3. The normalized spacial score (nSPS) is 18.2. The number of carbonyl (C=O) groups is 2. The van der Waals surface area contributed by atoms with E-state index in [1.807, 2.05) is 72.8 Å². The highest BCUT2D eigenvalue weighted by Crippen LogP contribution is 2.48. The van der Waals surface area contributed by atoms with Gasteiger partial charge in [0.15, 0.2) is 5.78 Å². The zero-order chi connectivity index (χ0) is 28.7. The van der Waals surface area contributed by atoms with Crippen LogP contribution in [0.25, 0.3) is 0 Å². The number of ketones is 1. The maximum atomic E-state index is 14.4. The standard InChI is InChI=1S/C33H25Cl3N2O3/c1-41-24-13-8-20(9-14-24)32-31-28(17-22(18-30(31)39)19-6-11-23(34)12-7-19)37-27-4-2-3-5-29(27)38(32)33(40)21-10-15-25(35)26(36)16-21/h2-16,22,32,37H,17-18H2,1H3. The van der Waals surface area contributed by atoms with E-state index in [4.69, 9.17) is 39.5 Å². The van der Waals surface area contributed by atoms with Crippen LogP contribution in [0.4, 0.5) is 11.4 Å². The van der Waals surface area contributed by atoms with Gasteiger partial charge >= 0.3 is 0 Å². The molecule has 0 saturated carbocycles. The van der Waals surface area contributed by atoms with Gasteiger partial charge in [-0.05, 0) is 78.1 Å². The summed E-state index contributed by atoms with van der Waals surface area (Å²) in [6, 6.07) is 26.8. The number of nitrogens with zero attached hydrogens (tertiary/aromatic N) is 1. The fourth-order valence-electron chi connectivity index (χ4n) is 5.65. The molecule has 206 valence electrons. The molecular formula is C33H25Cl3N2O3. The van der Waals surface area contributed by atoms with Gasteiger partial charge in [-0.1, -0.05) is 71.2 Å². The summed E-state index contributed by atoms with van der Waals surface area (Å²) in [5, 5.41) is 4.83. The van der Waals surface area contributed by atoms with Gasteiger partial charge in [-0.2, -0.15) is 0 Å². The smallest absolute Gasteiger partial charge is 0.259 e. The number of hydrogen-bond donors (Lipinski definition) is 1. The van der Waals surface area contributed by atoms with E-state index in [2.05, 4.69) is 5.32 Å². The van der Waals surface area contributed by atoms with Crippen LogP contribution in [0.15, 0.2) is 102 Å². The molecule has 0 aromatic heterocycles. The van der Waals surface area contributed by atoms with Gasteiger partial charge in [0.1, 0.15) is 5.75 Å². The maximum Gasteiger partial charge on any atom is 0.259 e. The molecule has 4 aromatic carbocycles. The summed E-state index contributed by atoms with van der Waals surface area (Å²) in [6.45, 7) is 0. The Morgan fingerprint density at radius 3 is 2.27 bits per heavy atom. The molecule has 2 atom stereocenters. The van der Waals surface area contributed by atoms with Crippen molar-refractivity contribution in [1.82, 2.24) is 0 Å². The second kappa shape index (κ2) is 11.2. The van der Waals surface area contributed by atoms with Crippen molar-refractivity contribution in [2.24, 2.45) is 0 Å². The summed E-state index contributed by atoms with van der Waals surface area (Å²) >= 11 is 18.6. The van der Waals surface area contributed by atoms with Gasteiger partial charge < -0.3 is 10.1 Å². The second-order valence-electron chi connectivity index (χ2n) is 10.1. The quantitative estimate of drug-likeness (QED) is 0.253. The molecule has 0 saturated heterocycles. The topological polar surface area (TPSA) is 58.6 Å². The Bertz CT molecular complexity index is 1680. The molecule has 1 amide bonds. The van der Waals surface area contributed by atoms with E-state index in [1.165, 1.54) is 0 Å². The number of rotatable bonds is 4. The molecular weight excluding hydrogens is 579 g/mol. The predicted molar refractivity (Wildman–Crippen MR) is 165 cm³/mol. The second-order valence-corrected chi connectivity index (χ2v) is 11.3. The predicted octanol–water partition coefficient (Wildman–Crippen LogP) is 8.87. The average Bonchev–Trinajstić information content (AvgIpc) is 3.13. The minimum absolute atomic E-state index is 0.0285. The Labute approximate surface area is 253 Å². The molecule has 1 N–H and O–H groups in total. The SMILES string of the molecule is COc1ccc(C2C3=C(CC(c4ccc(Cl)cc4)CC3=O)Nc3ccccc3N2C(=O)c2ccc(Cl)c(Cl)c2)cc1. The molecule has 2 aliphatic rings. The number of Topliss-reactive ketones (excluding diaryl/α,β-unsaturated/α-hetero) is 1. The zero-order valence-corrected chi connectivity index (χ0v) is 24.3. The molecule has 1 aliphatic carbocycles. The van der Waals surface area contributed by atoms with Crippen molar-refractivity contribution in [2.45, 2.75) is 24.8 Å². The van der Waals surface area contributed by atoms with Gasteiger partial charge in [0.05, 0.1) is 34.6 Å². The van der Waals surface area contributed by atoms with E-state index in [0.717, 1.165) is 22.5 Å². The molecule has 0 radical (unpaired) electrons. The van der Waals surface area contributed by atoms with Crippen LogP contribution in [0.1, 0.15) is 46.3 Å². The van der Waals surface area contributed by atoms with Gasteiger partial charge in [-0.15, -0.1) is 0 Å². The lowest BCUT2D eigenvalue weighted by Crippen LogP contribution is -2.38. The number of allylic oxidation sites excluding steroid dienone is 1.